The molecule has 0 bridgehead atoms. The molecule has 0 aromatic heterocycles. The summed E-state index contributed by atoms with van der Waals surface area (Å²) in [5.41, 5.74) is 6.12. The molecule has 0 saturated carbocycles. The lowest BCUT2D eigenvalue weighted by Crippen LogP contribution is -2.39. The van der Waals surface area contributed by atoms with E-state index in [4.69, 9.17) is 15.6 Å². The van der Waals surface area contributed by atoms with Crippen molar-refractivity contribution in [1.82, 2.24) is 0 Å². The van der Waals surface area contributed by atoms with Gasteiger partial charge in [-0.15, -0.1) is 0 Å². The zero-order valence-corrected chi connectivity index (χ0v) is 9.74. The first kappa shape index (κ1) is 13.4. The number of benzene rings is 1. The lowest BCUT2D eigenvalue weighted by molar-refractivity contribution is 0.0304. The van der Waals surface area contributed by atoms with Crippen LogP contribution in [-0.2, 0) is 4.74 Å². The highest BCUT2D eigenvalue weighted by molar-refractivity contribution is 5.89. The summed E-state index contributed by atoms with van der Waals surface area (Å²) in [6.45, 7) is 1.56. The second kappa shape index (κ2) is 6.83. The smallest absolute Gasteiger partial charge is 0.338 e. The van der Waals surface area contributed by atoms with Gasteiger partial charge in [0.25, 0.3) is 0 Å². The van der Waals surface area contributed by atoms with Crippen LogP contribution in [0, 0.1) is 0 Å². The van der Waals surface area contributed by atoms with Gasteiger partial charge in [0, 0.05) is 0 Å². The summed E-state index contributed by atoms with van der Waals surface area (Å²) in [4.78, 5) is 11.8. The Morgan fingerprint density at radius 2 is 2.12 bits per heavy atom. The molecule has 0 fully saturated rings. The molecule has 0 radical (unpaired) electrons. The molecule has 1 aromatic carbocycles. The minimum Gasteiger partial charge on any atom is -0.453 e. The minimum atomic E-state index is -0.613. The van der Waals surface area contributed by atoms with Crippen LogP contribution in [0.1, 0.15) is 17.3 Å². The fraction of sp³-hybridized carbons (Fsp3) is 0.308. The Morgan fingerprint density at radius 3 is 2.65 bits per heavy atom. The lowest BCUT2D eigenvalue weighted by atomic mass is 10.1. The molecule has 3 N–H and O–H groups in total. The number of hydrogen-bond donors (Lipinski definition) is 2. The molecule has 0 amide bonds. The maximum absolute atomic E-state index is 11.8. The SMILES string of the molecule is CC=CC(OC(=O)c1ccccc1)C(N)CO. The Morgan fingerprint density at radius 1 is 1.47 bits per heavy atom. The number of allylic oxidation sites excluding steroid dienone is 1. The van der Waals surface area contributed by atoms with E-state index < -0.39 is 18.1 Å². The standard InChI is InChI=1S/C13H17NO3/c1-2-6-12(11(14)9-15)17-13(16)10-7-4-3-5-8-10/h2-8,11-12,15H,9,14H2,1H3. The van der Waals surface area contributed by atoms with Crippen molar-refractivity contribution in [2.75, 3.05) is 6.61 Å². The lowest BCUT2D eigenvalue weighted by Gasteiger charge is -2.19. The van der Waals surface area contributed by atoms with Gasteiger partial charge in [-0.25, -0.2) is 4.79 Å². The Bertz CT molecular complexity index is 376. The van der Waals surface area contributed by atoms with Crippen molar-refractivity contribution < 1.29 is 14.6 Å². The summed E-state index contributed by atoms with van der Waals surface area (Å²) >= 11 is 0. The number of carbonyl (C=O) groups is 1. The first-order chi connectivity index (χ1) is 8.19. The number of ether oxygens (including phenoxy) is 1. The molecule has 0 aliphatic heterocycles. The number of carbonyl (C=O) groups excluding carboxylic acids is 1. The van der Waals surface area contributed by atoms with E-state index in [2.05, 4.69) is 0 Å². The fourth-order valence-corrected chi connectivity index (χ4v) is 1.33. The van der Waals surface area contributed by atoms with E-state index in [-0.39, 0.29) is 6.61 Å². The number of aliphatic hydroxyl groups is 1. The summed E-state index contributed by atoms with van der Waals surface area (Å²) in [6, 6.07) is 8.05. The predicted octanol–water partition coefficient (Wildman–Crippen LogP) is 1.11. The van der Waals surface area contributed by atoms with Crippen molar-refractivity contribution in [3.8, 4) is 0 Å². The monoisotopic (exact) mass is 235 g/mol. The number of aliphatic hydroxyl groups excluding tert-OH is 1. The summed E-state index contributed by atoms with van der Waals surface area (Å²) < 4.78 is 5.22. The molecule has 4 heteroatoms. The highest BCUT2D eigenvalue weighted by atomic mass is 16.5. The zero-order chi connectivity index (χ0) is 12.7. The predicted molar refractivity (Wildman–Crippen MR) is 65.5 cm³/mol. The maximum Gasteiger partial charge on any atom is 0.338 e. The van der Waals surface area contributed by atoms with Gasteiger partial charge in [-0.1, -0.05) is 24.3 Å². The first-order valence-corrected chi connectivity index (χ1v) is 5.44. The number of hydrogen-bond acceptors (Lipinski definition) is 4. The molecule has 0 aliphatic rings. The molecule has 1 rings (SSSR count). The van der Waals surface area contributed by atoms with Gasteiger partial charge in [0.2, 0.25) is 0 Å². The molecule has 0 saturated heterocycles. The molecule has 2 unspecified atom stereocenters. The fourth-order valence-electron chi connectivity index (χ4n) is 1.33. The molecule has 1 aromatic rings. The highest BCUT2D eigenvalue weighted by Gasteiger charge is 2.19. The summed E-state index contributed by atoms with van der Waals surface area (Å²) in [6.07, 6.45) is 2.78. The van der Waals surface area contributed by atoms with Crippen molar-refractivity contribution in [2.45, 2.75) is 19.1 Å². The van der Waals surface area contributed by atoms with E-state index in [1.165, 1.54) is 0 Å². The Balaban J connectivity index is 2.71. The van der Waals surface area contributed by atoms with E-state index in [1.54, 1.807) is 43.3 Å². The van der Waals surface area contributed by atoms with E-state index in [9.17, 15) is 4.79 Å². The van der Waals surface area contributed by atoms with Crippen LogP contribution in [0.25, 0.3) is 0 Å². The second-order valence-electron chi connectivity index (χ2n) is 3.61. The summed E-state index contributed by atoms with van der Waals surface area (Å²) in [5.74, 6) is -0.447. The Labute approximate surface area is 101 Å². The van der Waals surface area contributed by atoms with Crippen LogP contribution >= 0.6 is 0 Å². The second-order valence-corrected chi connectivity index (χ2v) is 3.61. The van der Waals surface area contributed by atoms with Crippen LogP contribution in [0.2, 0.25) is 0 Å². The molecular weight excluding hydrogens is 218 g/mol. The van der Waals surface area contributed by atoms with Gasteiger partial charge in [0.05, 0.1) is 18.2 Å². The third-order valence-electron chi connectivity index (χ3n) is 2.27. The Hall–Kier alpha value is -1.65. The van der Waals surface area contributed by atoms with Crippen LogP contribution in [-0.4, -0.2) is 29.8 Å². The van der Waals surface area contributed by atoms with Gasteiger partial charge in [-0.3, -0.25) is 0 Å². The number of rotatable bonds is 5. The average molecular weight is 235 g/mol. The van der Waals surface area contributed by atoms with E-state index in [1.807, 2.05) is 6.07 Å². The van der Waals surface area contributed by atoms with Crippen LogP contribution in [0.5, 0.6) is 0 Å². The average Bonchev–Trinajstić information content (AvgIpc) is 2.38. The van der Waals surface area contributed by atoms with Gasteiger partial charge in [-0.2, -0.15) is 0 Å². The largest absolute Gasteiger partial charge is 0.453 e. The van der Waals surface area contributed by atoms with Crippen molar-refractivity contribution >= 4 is 5.97 Å². The molecule has 2 atom stereocenters. The number of nitrogens with two attached hydrogens (primary N) is 1. The molecule has 17 heavy (non-hydrogen) atoms. The van der Waals surface area contributed by atoms with Crippen LogP contribution in [0.3, 0.4) is 0 Å². The van der Waals surface area contributed by atoms with Crippen LogP contribution in [0.4, 0.5) is 0 Å². The van der Waals surface area contributed by atoms with Crippen LogP contribution < -0.4 is 5.73 Å². The molecule has 4 nitrogen and oxygen atoms in total. The molecular formula is C13H17NO3. The molecule has 0 spiro atoms. The maximum atomic E-state index is 11.8. The zero-order valence-electron chi connectivity index (χ0n) is 9.74. The summed E-state index contributed by atoms with van der Waals surface area (Å²) in [7, 11) is 0. The molecule has 0 aliphatic carbocycles. The van der Waals surface area contributed by atoms with Crippen molar-refractivity contribution in [1.29, 1.82) is 0 Å². The third-order valence-corrected chi connectivity index (χ3v) is 2.27. The van der Waals surface area contributed by atoms with Crippen molar-refractivity contribution in [2.24, 2.45) is 5.73 Å². The number of esters is 1. The van der Waals surface area contributed by atoms with Gasteiger partial charge in [0.15, 0.2) is 0 Å². The normalized spacial score (nSPS) is 14.5. The quantitative estimate of drug-likeness (QED) is 0.592. The third kappa shape index (κ3) is 4.01. The topological polar surface area (TPSA) is 72.5 Å². The summed E-state index contributed by atoms with van der Waals surface area (Å²) in [5, 5.41) is 8.97. The van der Waals surface area contributed by atoms with Gasteiger partial charge in [-0.05, 0) is 25.1 Å². The van der Waals surface area contributed by atoms with Gasteiger partial charge < -0.3 is 15.6 Å². The first-order valence-electron chi connectivity index (χ1n) is 5.44. The van der Waals surface area contributed by atoms with Gasteiger partial charge in [0.1, 0.15) is 6.10 Å². The highest BCUT2D eigenvalue weighted by Crippen LogP contribution is 2.07. The van der Waals surface area contributed by atoms with Gasteiger partial charge >= 0.3 is 5.97 Å². The van der Waals surface area contributed by atoms with E-state index in [0.29, 0.717) is 5.56 Å². The van der Waals surface area contributed by atoms with Crippen molar-refractivity contribution in [3.05, 3.63) is 48.0 Å². The van der Waals surface area contributed by atoms with Crippen LogP contribution in [0.15, 0.2) is 42.5 Å². The van der Waals surface area contributed by atoms with Crippen molar-refractivity contribution in [3.63, 3.8) is 0 Å². The van der Waals surface area contributed by atoms with E-state index >= 15 is 0 Å². The Kier molecular flexibility index (Phi) is 5.39. The van der Waals surface area contributed by atoms with E-state index in [0.717, 1.165) is 0 Å². The molecule has 92 valence electrons. The molecule has 0 heterocycles. The minimum absolute atomic E-state index is 0.239.